The lowest BCUT2D eigenvalue weighted by atomic mass is 10.1. The third kappa shape index (κ3) is 3.27. The molecule has 1 fully saturated rings. The van der Waals surface area contributed by atoms with Crippen molar-refractivity contribution >= 4 is 15.9 Å². The molecule has 2 nitrogen and oxygen atoms in total. The lowest BCUT2D eigenvalue weighted by Crippen LogP contribution is -2.33. The quantitative estimate of drug-likeness (QED) is 0.903. The summed E-state index contributed by atoms with van der Waals surface area (Å²) < 4.78 is 14.0. The van der Waals surface area contributed by atoms with Gasteiger partial charge in [0.2, 0.25) is 0 Å². The summed E-state index contributed by atoms with van der Waals surface area (Å²) in [5.41, 5.74) is 1.03. The van der Waals surface area contributed by atoms with Gasteiger partial charge in [0.1, 0.15) is 5.82 Å². The van der Waals surface area contributed by atoms with E-state index < -0.39 is 0 Å². The lowest BCUT2D eigenvalue weighted by molar-refractivity contribution is 0.211. The Kier molecular flexibility index (Phi) is 4.54. The topological polar surface area (TPSA) is 15.3 Å². The van der Waals surface area contributed by atoms with Crippen molar-refractivity contribution in [1.29, 1.82) is 0 Å². The predicted molar refractivity (Wildman–Crippen MR) is 71.5 cm³/mol. The molecule has 1 saturated heterocycles. The fourth-order valence-electron chi connectivity index (χ4n) is 2.19. The van der Waals surface area contributed by atoms with Gasteiger partial charge in [0.25, 0.3) is 0 Å². The van der Waals surface area contributed by atoms with Crippen molar-refractivity contribution in [1.82, 2.24) is 10.2 Å². The van der Waals surface area contributed by atoms with Crippen LogP contribution in [-0.2, 0) is 6.54 Å². The second kappa shape index (κ2) is 5.94. The number of hydrogen-bond donors (Lipinski definition) is 1. The van der Waals surface area contributed by atoms with Crippen LogP contribution < -0.4 is 5.32 Å². The molecule has 1 aromatic carbocycles. The highest BCUT2D eigenvalue weighted by atomic mass is 79.9. The van der Waals surface area contributed by atoms with Crippen molar-refractivity contribution in [2.75, 3.05) is 19.6 Å². The summed E-state index contributed by atoms with van der Waals surface area (Å²) >= 11 is 3.33. The number of hydrogen-bond acceptors (Lipinski definition) is 2. The van der Waals surface area contributed by atoms with E-state index in [1.165, 1.54) is 6.07 Å². The number of rotatable bonds is 2. The Morgan fingerprint density at radius 2 is 2.29 bits per heavy atom. The Morgan fingerprint density at radius 3 is 3.12 bits per heavy atom. The molecule has 0 amide bonds. The molecule has 1 aromatic rings. The van der Waals surface area contributed by atoms with Crippen molar-refractivity contribution < 1.29 is 4.39 Å². The Hall–Kier alpha value is -0.450. The van der Waals surface area contributed by atoms with E-state index in [9.17, 15) is 4.39 Å². The maximum absolute atomic E-state index is 13.4. The maximum atomic E-state index is 13.4. The molecule has 1 unspecified atom stereocenters. The van der Waals surface area contributed by atoms with Gasteiger partial charge in [0, 0.05) is 25.7 Å². The van der Waals surface area contributed by atoms with Gasteiger partial charge >= 0.3 is 0 Å². The normalized spacial score (nSPS) is 22.4. The lowest BCUT2D eigenvalue weighted by Gasteiger charge is -2.26. The van der Waals surface area contributed by atoms with Gasteiger partial charge in [-0.05, 0) is 47.4 Å². The first-order valence-corrected chi connectivity index (χ1v) is 6.85. The minimum Gasteiger partial charge on any atom is -0.315 e. The zero-order valence-electron chi connectivity index (χ0n) is 10.0. The number of halogens is 2. The van der Waals surface area contributed by atoms with E-state index in [1.807, 2.05) is 6.07 Å². The third-order valence-electron chi connectivity index (χ3n) is 3.34. The summed E-state index contributed by atoms with van der Waals surface area (Å²) in [6.45, 7) is 6.14. The Balaban J connectivity index is 2.10. The van der Waals surface area contributed by atoms with Gasteiger partial charge in [-0.15, -0.1) is 0 Å². The van der Waals surface area contributed by atoms with E-state index in [2.05, 4.69) is 33.1 Å². The zero-order chi connectivity index (χ0) is 12.3. The first kappa shape index (κ1) is 13.0. The van der Waals surface area contributed by atoms with Crippen LogP contribution in [0.1, 0.15) is 18.9 Å². The van der Waals surface area contributed by atoms with Crippen LogP contribution in [-0.4, -0.2) is 30.6 Å². The van der Waals surface area contributed by atoms with Crippen molar-refractivity contribution in [3.63, 3.8) is 0 Å². The van der Waals surface area contributed by atoms with E-state index >= 15 is 0 Å². The van der Waals surface area contributed by atoms with Crippen molar-refractivity contribution in [3.05, 3.63) is 34.1 Å². The van der Waals surface area contributed by atoms with Crippen LogP contribution in [0.4, 0.5) is 4.39 Å². The molecule has 1 N–H and O–H groups in total. The second-order valence-corrected chi connectivity index (χ2v) is 5.36. The fraction of sp³-hybridized carbons (Fsp3) is 0.538. The molecule has 2 rings (SSSR count). The molecule has 17 heavy (non-hydrogen) atoms. The van der Waals surface area contributed by atoms with Crippen LogP contribution in [0.15, 0.2) is 22.7 Å². The average molecular weight is 301 g/mol. The van der Waals surface area contributed by atoms with Gasteiger partial charge in [0.15, 0.2) is 0 Å². The Labute approximate surface area is 110 Å². The summed E-state index contributed by atoms with van der Waals surface area (Å²) in [5, 5.41) is 3.39. The van der Waals surface area contributed by atoms with Crippen molar-refractivity contribution in [3.8, 4) is 0 Å². The molecule has 0 radical (unpaired) electrons. The number of nitrogens with zero attached hydrogens (tertiary/aromatic N) is 1. The molecule has 0 spiro atoms. The third-order valence-corrected chi connectivity index (χ3v) is 4.23. The SMILES string of the molecule is CC1CCNCCN1Cc1cccc(F)c1Br. The first-order chi connectivity index (χ1) is 8.18. The minimum absolute atomic E-state index is 0.178. The molecule has 0 aromatic heterocycles. The Bertz CT molecular complexity index is 384. The van der Waals surface area contributed by atoms with E-state index in [4.69, 9.17) is 0 Å². The van der Waals surface area contributed by atoms with Gasteiger partial charge in [-0.25, -0.2) is 4.39 Å². The van der Waals surface area contributed by atoms with E-state index in [-0.39, 0.29) is 5.82 Å². The van der Waals surface area contributed by atoms with Crippen molar-refractivity contribution in [2.45, 2.75) is 25.9 Å². The highest BCUT2D eigenvalue weighted by Crippen LogP contribution is 2.23. The summed E-state index contributed by atoms with van der Waals surface area (Å²) in [6, 6.07) is 5.79. The molecular weight excluding hydrogens is 283 g/mol. The van der Waals surface area contributed by atoms with Crippen LogP contribution in [0.5, 0.6) is 0 Å². The molecule has 0 bridgehead atoms. The smallest absolute Gasteiger partial charge is 0.137 e. The highest BCUT2D eigenvalue weighted by Gasteiger charge is 2.18. The summed E-state index contributed by atoms with van der Waals surface area (Å²) in [5.74, 6) is -0.178. The second-order valence-electron chi connectivity index (χ2n) is 4.57. The van der Waals surface area contributed by atoms with E-state index in [0.717, 1.165) is 38.2 Å². The van der Waals surface area contributed by atoms with Crippen LogP contribution in [0.25, 0.3) is 0 Å². The molecule has 1 aliphatic heterocycles. The average Bonchev–Trinajstić information content (AvgIpc) is 2.51. The van der Waals surface area contributed by atoms with Gasteiger partial charge < -0.3 is 5.32 Å². The minimum atomic E-state index is -0.178. The molecule has 1 heterocycles. The first-order valence-electron chi connectivity index (χ1n) is 6.06. The van der Waals surface area contributed by atoms with Gasteiger partial charge in [-0.1, -0.05) is 12.1 Å². The molecule has 94 valence electrons. The molecular formula is C13H18BrFN2. The number of benzene rings is 1. The monoisotopic (exact) mass is 300 g/mol. The van der Waals surface area contributed by atoms with Crippen LogP contribution >= 0.6 is 15.9 Å². The molecule has 1 aliphatic rings. The summed E-state index contributed by atoms with van der Waals surface area (Å²) in [7, 11) is 0. The van der Waals surface area contributed by atoms with E-state index in [0.29, 0.717) is 10.5 Å². The molecule has 1 atom stereocenters. The van der Waals surface area contributed by atoms with Gasteiger partial charge in [-0.3, -0.25) is 4.90 Å². The van der Waals surface area contributed by atoms with Crippen LogP contribution in [0.3, 0.4) is 0 Å². The van der Waals surface area contributed by atoms with Gasteiger partial charge in [-0.2, -0.15) is 0 Å². The molecule has 0 aliphatic carbocycles. The standard InChI is InChI=1S/C13H18BrFN2/c1-10-5-6-16-7-8-17(10)9-11-3-2-4-12(15)13(11)14/h2-4,10,16H,5-9H2,1H3. The van der Waals surface area contributed by atoms with Crippen molar-refractivity contribution in [2.24, 2.45) is 0 Å². The highest BCUT2D eigenvalue weighted by molar-refractivity contribution is 9.10. The Morgan fingerprint density at radius 1 is 1.47 bits per heavy atom. The molecule has 4 heteroatoms. The maximum Gasteiger partial charge on any atom is 0.137 e. The fourth-order valence-corrected chi connectivity index (χ4v) is 2.58. The van der Waals surface area contributed by atoms with Crippen LogP contribution in [0.2, 0.25) is 0 Å². The predicted octanol–water partition coefficient (Wildman–Crippen LogP) is 2.77. The zero-order valence-corrected chi connectivity index (χ0v) is 11.6. The van der Waals surface area contributed by atoms with E-state index in [1.54, 1.807) is 6.07 Å². The summed E-state index contributed by atoms with van der Waals surface area (Å²) in [6.07, 6.45) is 1.15. The number of nitrogens with one attached hydrogen (secondary N) is 1. The largest absolute Gasteiger partial charge is 0.315 e. The van der Waals surface area contributed by atoms with Crippen LogP contribution in [0, 0.1) is 5.82 Å². The summed E-state index contributed by atoms with van der Waals surface area (Å²) in [4.78, 5) is 2.40. The van der Waals surface area contributed by atoms with Gasteiger partial charge in [0.05, 0.1) is 4.47 Å². The molecule has 0 saturated carbocycles.